The number of esters is 1. The van der Waals surface area contributed by atoms with Gasteiger partial charge in [-0.2, -0.15) is 0 Å². The number of rotatable bonds is 5. The summed E-state index contributed by atoms with van der Waals surface area (Å²) in [6, 6.07) is 7.77. The highest BCUT2D eigenvalue weighted by Crippen LogP contribution is 2.22. The quantitative estimate of drug-likeness (QED) is 0.346. The Hall–Kier alpha value is -2.03. The summed E-state index contributed by atoms with van der Waals surface area (Å²) in [5, 5.41) is 0. The molecule has 0 atom stereocenters. The Morgan fingerprint density at radius 3 is 2.44 bits per heavy atom. The van der Waals surface area contributed by atoms with E-state index in [2.05, 4.69) is 6.58 Å². The lowest BCUT2D eigenvalue weighted by atomic mass is 9.99. The first-order chi connectivity index (χ1) is 8.60. The lowest BCUT2D eigenvalue weighted by molar-refractivity contribution is -0.138. The third kappa shape index (κ3) is 3.48. The minimum atomic E-state index is -0.426. The summed E-state index contributed by atoms with van der Waals surface area (Å²) in [5.74, 6) is -0.426. The lowest BCUT2D eigenvalue weighted by Crippen LogP contribution is -2.09. The molecule has 0 saturated heterocycles. The van der Waals surface area contributed by atoms with Crippen LogP contribution in [0.1, 0.15) is 18.1 Å². The highest BCUT2D eigenvalue weighted by molar-refractivity contribution is 6.05. The van der Waals surface area contributed by atoms with Crippen LogP contribution in [0.2, 0.25) is 0 Å². The first kappa shape index (κ1) is 14.0. The van der Waals surface area contributed by atoms with E-state index in [1.54, 1.807) is 6.92 Å². The SMILES string of the molecule is C=C(/C(=C\OC)C(=O)OCC)c1ccc(C)cc1. The fourth-order valence-corrected chi connectivity index (χ4v) is 1.48. The van der Waals surface area contributed by atoms with Gasteiger partial charge in [-0.1, -0.05) is 36.4 Å². The Morgan fingerprint density at radius 2 is 1.94 bits per heavy atom. The van der Waals surface area contributed by atoms with Crippen molar-refractivity contribution in [3.8, 4) is 0 Å². The summed E-state index contributed by atoms with van der Waals surface area (Å²) in [4.78, 5) is 11.8. The maximum absolute atomic E-state index is 11.8. The van der Waals surface area contributed by atoms with Crippen molar-refractivity contribution >= 4 is 11.5 Å². The molecule has 0 aromatic heterocycles. The molecule has 0 aliphatic carbocycles. The van der Waals surface area contributed by atoms with Crippen molar-refractivity contribution in [2.75, 3.05) is 13.7 Å². The van der Waals surface area contributed by atoms with Crippen LogP contribution >= 0.6 is 0 Å². The molecule has 3 nitrogen and oxygen atoms in total. The molecule has 1 aromatic carbocycles. The zero-order valence-electron chi connectivity index (χ0n) is 11.0. The van der Waals surface area contributed by atoms with Crippen LogP contribution < -0.4 is 0 Å². The number of benzene rings is 1. The van der Waals surface area contributed by atoms with E-state index in [0.29, 0.717) is 17.8 Å². The van der Waals surface area contributed by atoms with Gasteiger partial charge in [0.2, 0.25) is 0 Å². The van der Waals surface area contributed by atoms with E-state index in [1.807, 2.05) is 31.2 Å². The first-order valence-electron chi connectivity index (χ1n) is 5.76. The van der Waals surface area contributed by atoms with Crippen LogP contribution in [0, 0.1) is 6.92 Å². The largest absolute Gasteiger partial charge is 0.503 e. The number of carbonyl (C=O) groups excluding carboxylic acids is 1. The number of hydrogen-bond acceptors (Lipinski definition) is 3. The topological polar surface area (TPSA) is 35.5 Å². The van der Waals surface area contributed by atoms with Gasteiger partial charge in [0.15, 0.2) is 0 Å². The van der Waals surface area contributed by atoms with E-state index in [4.69, 9.17) is 9.47 Å². The molecule has 0 bridgehead atoms. The average molecular weight is 246 g/mol. The van der Waals surface area contributed by atoms with Gasteiger partial charge in [-0.05, 0) is 25.0 Å². The maximum Gasteiger partial charge on any atom is 0.341 e. The van der Waals surface area contributed by atoms with Gasteiger partial charge in [-0.25, -0.2) is 4.79 Å². The minimum Gasteiger partial charge on any atom is -0.503 e. The lowest BCUT2D eigenvalue weighted by Gasteiger charge is -2.10. The third-order valence-electron chi connectivity index (χ3n) is 2.46. The molecule has 1 rings (SSSR count). The second-order valence-electron chi connectivity index (χ2n) is 3.83. The minimum absolute atomic E-state index is 0.321. The average Bonchev–Trinajstić information content (AvgIpc) is 2.36. The van der Waals surface area contributed by atoms with Gasteiger partial charge in [0.05, 0.1) is 20.0 Å². The molecule has 96 valence electrons. The zero-order valence-corrected chi connectivity index (χ0v) is 11.0. The van der Waals surface area contributed by atoms with Crippen LogP contribution in [-0.4, -0.2) is 19.7 Å². The molecular formula is C15H18O3. The van der Waals surface area contributed by atoms with Crippen LogP contribution in [0.3, 0.4) is 0 Å². The van der Waals surface area contributed by atoms with Crippen molar-refractivity contribution in [3.63, 3.8) is 0 Å². The highest BCUT2D eigenvalue weighted by atomic mass is 16.5. The highest BCUT2D eigenvalue weighted by Gasteiger charge is 2.16. The smallest absolute Gasteiger partial charge is 0.341 e. The maximum atomic E-state index is 11.8. The summed E-state index contributed by atoms with van der Waals surface area (Å²) in [7, 11) is 1.49. The zero-order chi connectivity index (χ0) is 13.5. The fraction of sp³-hybridized carbons (Fsp3) is 0.267. The molecule has 0 aliphatic rings. The van der Waals surface area contributed by atoms with E-state index in [1.165, 1.54) is 13.4 Å². The Labute approximate surface area is 108 Å². The normalized spacial score (nSPS) is 10.9. The molecule has 0 radical (unpaired) electrons. The van der Waals surface area contributed by atoms with E-state index in [0.717, 1.165) is 11.1 Å². The molecule has 0 aliphatic heterocycles. The summed E-state index contributed by atoms with van der Waals surface area (Å²) < 4.78 is 9.89. The van der Waals surface area contributed by atoms with Crippen molar-refractivity contribution in [2.24, 2.45) is 0 Å². The van der Waals surface area contributed by atoms with Crippen LogP contribution in [0.5, 0.6) is 0 Å². The van der Waals surface area contributed by atoms with Crippen LogP contribution in [-0.2, 0) is 14.3 Å². The first-order valence-corrected chi connectivity index (χ1v) is 5.76. The predicted molar refractivity (Wildman–Crippen MR) is 71.9 cm³/mol. The molecule has 0 unspecified atom stereocenters. The number of methoxy groups -OCH3 is 1. The summed E-state index contributed by atoms with van der Waals surface area (Å²) >= 11 is 0. The van der Waals surface area contributed by atoms with Crippen molar-refractivity contribution in [1.29, 1.82) is 0 Å². The standard InChI is InChI=1S/C15H18O3/c1-5-18-15(16)14(10-17-4)12(3)13-8-6-11(2)7-9-13/h6-10H,3,5H2,1-2,4H3/b14-10+. The van der Waals surface area contributed by atoms with Crippen LogP contribution in [0.4, 0.5) is 0 Å². The van der Waals surface area contributed by atoms with E-state index < -0.39 is 5.97 Å². The number of ether oxygens (including phenoxy) is 2. The van der Waals surface area contributed by atoms with Crippen molar-refractivity contribution in [2.45, 2.75) is 13.8 Å². The van der Waals surface area contributed by atoms with Gasteiger partial charge in [0.25, 0.3) is 0 Å². The van der Waals surface area contributed by atoms with Crippen LogP contribution in [0.15, 0.2) is 42.7 Å². The third-order valence-corrected chi connectivity index (χ3v) is 2.46. The molecule has 0 saturated carbocycles. The van der Waals surface area contributed by atoms with Gasteiger partial charge in [-0.3, -0.25) is 0 Å². The molecular weight excluding hydrogens is 228 g/mol. The second-order valence-corrected chi connectivity index (χ2v) is 3.83. The molecule has 0 heterocycles. The van der Waals surface area contributed by atoms with Gasteiger partial charge in [0, 0.05) is 0 Å². The van der Waals surface area contributed by atoms with Crippen molar-refractivity contribution in [1.82, 2.24) is 0 Å². The summed E-state index contributed by atoms with van der Waals surface area (Å²) in [6.07, 6.45) is 1.36. The predicted octanol–water partition coefficient (Wildman–Crippen LogP) is 3.10. The van der Waals surface area contributed by atoms with Gasteiger partial charge < -0.3 is 9.47 Å². The monoisotopic (exact) mass is 246 g/mol. The van der Waals surface area contributed by atoms with E-state index >= 15 is 0 Å². The van der Waals surface area contributed by atoms with Crippen molar-refractivity contribution < 1.29 is 14.3 Å². The van der Waals surface area contributed by atoms with E-state index in [9.17, 15) is 4.79 Å². The Bertz CT molecular complexity index is 455. The number of carbonyl (C=O) groups is 1. The molecule has 18 heavy (non-hydrogen) atoms. The summed E-state index contributed by atoms with van der Waals surface area (Å²) in [5.41, 5.74) is 2.95. The molecule has 0 fully saturated rings. The second kappa shape index (κ2) is 6.64. The van der Waals surface area contributed by atoms with Gasteiger partial charge in [-0.15, -0.1) is 0 Å². The van der Waals surface area contributed by atoms with Gasteiger partial charge >= 0.3 is 5.97 Å². The van der Waals surface area contributed by atoms with E-state index in [-0.39, 0.29) is 0 Å². The van der Waals surface area contributed by atoms with Gasteiger partial charge in [0.1, 0.15) is 5.57 Å². The number of hydrogen-bond donors (Lipinski definition) is 0. The van der Waals surface area contributed by atoms with Crippen LogP contribution in [0.25, 0.3) is 5.57 Å². The summed E-state index contributed by atoms with van der Waals surface area (Å²) in [6.45, 7) is 8.01. The fourth-order valence-electron chi connectivity index (χ4n) is 1.48. The Morgan fingerprint density at radius 1 is 1.33 bits per heavy atom. The molecule has 1 aromatic rings. The Kier molecular flexibility index (Phi) is 5.18. The molecule has 0 amide bonds. The molecule has 0 spiro atoms. The molecule has 3 heteroatoms. The number of aryl methyl sites for hydroxylation is 1. The Balaban J connectivity index is 3.00. The van der Waals surface area contributed by atoms with Crippen molar-refractivity contribution in [3.05, 3.63) is 53.8 Å². The molecule has 0 N–H and O–H groups in total.